The van der Waals surface area contributed by atoms with Gasteiger partial charge in [0.2, 0.25) is 10.0 Å². The van der Waals surface area contributed by atoms with Crippen LogP contribution < -0.4 is 10.0 Å². The van der Waals surface area contributed by atoms with E-state index in [0.29, 0.717) is 17.5 Å². The van der Waals surface area contributed by atoms with Gasteiger partial charge < -0.3 is 5.32 Å². The second kappa shape index (κ2) is 7.38. The third-order valence-electron chi connectivity index (χ3n) is 3.20. The molecule has 1 heterocycles. The van der Waals surface area contributed by atoms with E-state index in [-0.39, 0.29) is 5.75 Å². The number of sulfonamides is 1. The minimum absolute atomic E-state index is 0.166. The Balaban J connectivity index is 1.69. The molecule has 0 radical (unpaired) electrons. The van der Waals surface area contributed by atoms with Gasteiger partial charge in [0.25, 0.3) is 0 Å². The molecule has 7 heteroatoms. The number of unbranched alkanes of at least 4 members (excludes halogenated alkanes) is 1. The quantitative estimate of drug-likeness (QED) is 0.651. The number of hydrogen-bond donors (Lipinski definition) is 2. The van der Waals surface area contributed by atoms with Gasteiger partial charge in [0.15, 0.2) is 5.13 Å². The molecule has 0 unspecified atom stereocenters. The van der Waals surface area contributed by atoms with Gasteiger partial charge in [-0.1, -0.05) is 6.92 Å². The highest BCUT2D eigenvalue weighted by Gasteiger charge is 2.26. The average Bonchev–Trinajstić information content (AvgIpc) is 3.15. The Hall–Kier alpha value is -0.660. The summed E-state index contributed by atoms with van der Waals surface area (Å²) >= 11 is 1.38. The van der Waals surface area contributed by atoms with E-state index in [4.69, 9.17) is 0 Å². The Morgan fingerprint density at radius 1 is 1.35 bits per heavy atom. The van der Waals surface area contributed by atoms with Gasteiger partial charge in [0.1, 0.15) is 0 Å². The molecule has 0 aromatic carbocycles. The number of aromatic nitrogens is 1. The topological polar surface area (TPSA) is 71.1 Å². The van der Waals surface area contributed by atoms with Crippen molar-refractivity contribution < 1.29 is 8.42 Å². The van der Waals surface area contributed by atoms with Crippen molar-refractivity contribution in [3.63, 3.8) is 0 Å². The maximum absolute atomic E-state index is 11.9. The van der Waals surface area contributed by atoms with Crippen LogP contribution in [0.2, 0.25) is 0 Å². The Morgan fingerprint density at radius 2 is 2.15 bits per heavy atom. The standard InChI is InChI=1S/C13H23N3O2S2/c1-2-7-14-8-3-4-9-20(17,18)16-13-15-12(10-19-13)11-5-6-11/h10-11,14H,2-9H2,1H3,(H,15,16). The van der Waals surface area contributed by atoms with Crippen molar-refractivity contribution in [3.8, 4) is 0 Å². The van der Waals surface area contributed by atoms with Crippen LogP contribution in [0.15, 0.2) is 5.38 Å². The average molecular weight is 317 g/mol. The molecule has 0 bridgehead atoms. The molecule has 114 valence electrons. The molecule has 2 rings (SSSR count). The van der Waals surface area contributed by atoms with E-state index in [2.05, 4.69) is 21.9 Å². The monoisotopic (exact) mass is 317 g/mol. The van der Waals surface area contributed by atoms with E-state index in [1.165, 1.54) is 24.2 Å². The fraction of sp³-hybridized carbons (Fsp3) is 0.769. The maximum Gasteiger partial charge on any atom is 0.234 e. The Morgan fingerprint density at radius 3 is 2.85 bits per heavy atom. The summed E-state index contributed by atoms with van der Waals surface area (Å²) in [5.74, 6) is 0.730. The third-order valence-corrected chi connectivity index (χ3v) is 5.44. The molecule has 20 heavy (non-hydrogen) atoms. The van der Waals surface area contributed by atoms with Crippen molar-refractivity contribution in [2.75, 3.05) is 23.6 Å². The second-order valence-corrected chi connectivity index (χ2v) is 7.93. The number of nitrogens with one attached hydrogen (secondary N) is 2. The van der Waals surface area contributed by atoms with Crippen molar-refractivity contribution in [2.45, 2.75) is 44.9 Å². The second-order valence-electron chi connectivity index (χ2n) is 5.23. The largest absolute Gasteiger partial charge is 0.317 e. The van der Waals surface area contributed by atoms with Gasteiger partial charge in [-0.25, -0.2) is 13.4 Å². The van der Waals surface area contributed by atoms with Gasteiger partial charge in [-0.05, 0) is 45.2 Å². The Labute approximate surface area is 125 Å². The normalized spacial score (nSPS) is 15.4. The lowest BCUT2D eigenvalue weighted by molar-refractivity contribution is 0.590. The van der Waals surface area contributed by atoms with E-state index in [1.54, 1.807) is 0 Å². The minimum Gasteiger partial charge on any atom is -0.317 e. The number of nitrogens with zero attached hydrogens (tertiary/aromatic N) is 1. The lowest BCUT2D eigenvalue weighted by Gasteiger charge is -2.05. The van der Waals surface area contributed by atoms with Crippen LogP contribution in [0.1, 0.15) is 50.6 Å². The lowest BCUT2D eigenvalue weighted by Crippen LogP contribution is -2.19. The number of thiazole rings is 1. The highest BCUT2D eigenvalue weighted by atomic mass is 32.2. The van der Waals surface area contributed by atoms with Gasteiger partial charge in [-0.2, -0.15) is 0 Å². The number of rotatable bonds is 10. The van der Waals surface area contributed by atoms with E-state index in [0.717, 1.165) is 31.6 Å². The van der Waals surface area contributed by atoms with Gasteiger partial charge in [0.05, 0.1) is 11.4 Å². The Kier molecular flexibility index (Phi) is 5.80. The fourth-order valence-corrected chi connectivity index (χ4v) is 4.13. The summed E-state index contributed by atoms with van der Waals surface area (Å²) < 4.78 is 26.4. The van der Waals surface area contributed by atoms with Crippen molar-refractivity contribution in [1.29, 1.82) is 0 Å². The molecular weight excluding hydrogens is 294 g/mol. The van der Waals surface area contributed by atoms with Crippen molar-refractivity contribution in [3.05, 3.63) is 11.1 Å². The smallest absolute Gasteiger partial charge is 0.234 e. The summed E-state index contributed by atoms with van der Waals surface area (Å²) in [6, 6.07) is 0. The summed E-state index contributed by atoms with van der Waals surface area (Å²) in [7, 11) is -3.25. The summed E-state index contributed by atoms with van der Waals surface area (Å²) in [5, 5.41) is 5.74. The van der Waals surface area contributed by atoms with Crippen LogP contribution in [0.5, 0.6) is 0 Å². The molecule has 1 fully saturated rings. The fourth-order valence-electron chi connectivity index (χ4n) is 1.93. The molecule has 5 nitrogen and oxygen atoms in total. The van der Waals surface area contributed by atoms with Crippen LogP contribution in [-0.4, -0.2) is 32.2 Å². The van der Waals surface area contributed by atoms with Gasteiger partial charge >= 0.3 is 0 Å². The third kappa shape index (κ3) is 5.38. The van der Waals surface area contributed by atoms with Crippen molar-refractivity contribution >= 4 is 26.5 Å². The highest BCUT2D eigenvalue weighted by molar-refractivity contribution is 7.92. The Bertz CT molecular complexity index is 509. The molecule has 1 saturated carbocycles. The molecule has 1 aliphatic carbocycles. The summed E-state index contributed by atoms with van der Waals surface area (Å²) in [6.07, 6.45) is 5.02. The molecule has 1 aliphatic rings. The summed E-state index contributed by atoms with van der Waals surface area (Å²) in [4.78, 5) is 4.34. The number of hydrogen-bond acceptors (Lipinski definition) is 5. The zero-order valence-corrected chi connectivity index (χ0v) is 13.5. The zero-order valence-electron chi connectivity index (χ0n) is 11.9. The van der Waals surface area contributed by atoms with E-state index in [9.17, 15) is 8.42 Å². The SMILES string of the molecule is CCCNCCCCS(=O)(=O)Nc1nc(C2CC2)cs1. The van der Waals surface area contributed by atoms with Crippen molar-refractivity contribution in [2.24, 2.45) is 0 Å². The van der Waals surface area contributed by atoms with Crippen LogP contribution in [-0.2, 0) is 10.0 Å². The van der Waals surface area contributed by atoms with E-state index >= 15 is 0 Å². The van der Waals surface area contributed by atoms with E-state index in [1.807, 2.05) is 5.38 Å². The first-order valence-electron chi connectivity index (χ1n) is 7.27. The van der Waals surface area contributed by atoms with Crippen LogP contribution in [0.25, 0.3) is 0 Å². The van der Waals surface area contributed by atoms with E-state index < -0.39 is 10.0 Å². The molecule has 0 atom stereocenters. The predicted octanol–water partition coefficient (Wildman–Crippen LogP) is 2.54. The maximum atomic E-state index is 11.9. The molecule has 0 aliphatic heterocycles. The molecular formula is C13H23N3O2S2. The lowest BCUT2D eigenvalue weighted by atomic mass is 10.3. The highest BCUT2D eigenvalue weighted by Crippen LogP contribution is 2.40. The summed E-state index contributed by atoms with van der Waals surface area (Å²) in [5.41, 5.74) is 1.04. The minimum atomic E-state index is -3.25. The first-order chi connectivity index (χ1) is 9.61. The molecule has 1 aromatic heterocycles. The molecule has 0 spiro atoms. The predicted molar refractivity (Wildman–Crippen MR) is 83.9 cm³/mol. The van der Waals surface area contributed by atoms with Crippen LogP contribution in [0.3, 0.4) is 0 Å². The van der Waals surface area contributed by atoms with Gasteiger partial charge in [-0.15, -0.1) is 11.3 Å². The van der Waals surface area contributed by atoms with Crippen LogP contribution in [0, 0.1) is 0 Å². The van der Waals surface area contributed by atoms with Crippen LogP contribution >= 0.6 is 11.3 Å². The first-order valence-corrected chi connectivity index (χ1v) is 9.80. The molecule has 0 saturated heterocycles. The zero-order chi connectivity index (χ0) is 14.4. The van der Waals surface area contributed by atoms with Gasteiger partial charge in [-0.3, -0.25) is 4.72 Å². The number of anilines is 1. The first kappa shape index (κ1) is 15.7. The molecule has 1 aromatic rings. The molecule has 0 amide bonds. The van der Waals surface area contributed by atoms with Crippen molar-refractivity contribution in [1.82, 2.24) is 10.3 Å². The van der Waals surface area contributed by atoms with Gasteiger partial charge in [0, 0.05) is 11.3 Å². The summed E-state index contributed by atoms with van der Waals surface area (Å²) in [6.45, 7) is 3.99. The molecule has 2 N–H and O–H groups in total. The van der Waals surface area contributed by atoms with Crippen LogP contribution in [0.4, 0.5) is 5.13 Å².